The summed E-state index contributed by atoms with van der Waals surface area (Å²) in [4.78, 5) is 12.2. The number of nitrogens with one attached hydrogen (secondary N) is 1. The van der Waals surface area contributed by atoms with Crippen LogP contribution in [0.1, 0.15) is 30.7 Å². The van der Waals surface area contributed by atoms with Crippen LogP contribution in [0.15, 0.2) is 30.3 Å². The highest BCUT2D eigenvalue weighted by molar-refractivity contribution is 5.85. The van der Waals surface area contributed by atoms with E-state index in [1.165, 1.54) is 0 Å². The van der Waals surface area contributed by atoms with Crippen LogP contribution in [0.25, 0.3) is 0 Å². The van der Waals surface area contributed by atoms with E-state index in [0.29, 0.717) is 13.1 Å². The molecule has 0 saturated heterocycles. The molecule has 1 saturated carbocycles. The number of nitrogens with two attached hydrogens (primary N) is 1. The van der Waals surface area contributed by atoms with Crippen molar-refractivity contribution < 1.29 is 9.90 Å². The SMILES string of the molecule is Cl.NCC(C(=O)NCC1CCCC1O)c1ccccc1. The molecular weight excluding hydrogens is 276 g/mol. The van der Waals surface area contributed by atoms with Crippen LogP contribution in [0.5, 0.6) is 0 Å². The molecule has 20 heavy (non-hydrogen) atoms. The molecule has 4 N–H and O–H groups in total. The lowest BCUT2D eigenvalue weighted by Crippen LogP contribution is -2.37. The van der Waals surface area contributed by atoms with E-state index in [9.17, 15) is 9.90 Å². The van der Waals surface area contributed by atoms with Crippen LogP contribution in [0.4, 0.5) is 0 Å². The maximum absolute atomic E-state index is 12.2. The largest absolute Gasteiger partial charge is 0.393 e. The summed E-state index contributed by atoms with van der Waals surface area (Å²) in [7, 11) is 0. The summed E-state index contributed by atoms with van der Waals surface area (Å²) in [6.45, 7) is 0.840. The first kappa shape index (κ1) is 17.0. The molecule has 0 heterocycles. The fraction of sp³-hybridized carbons (Fsp3) is 0.533. The third kappa shape index (κ3) is 4.20. The number of aliphatic hydroxyl groups is 1. The molecule has 0 radical (unpaired) electrons. The van der Waals surface area contributed by atoms with Crippen molar-refractivity contribution >= 4 is 18.3 Å². The number of rotatable bonds is 5. The van der Waals surface area contributed by atoms with Crippen LogP contribution in [0, 0.1) is 5.92 Å². The second-order valence-corrected chi connectivity index (χ2v) is 5.20. The Kier molecular flexibility index (Phi) is 6.99. The first-order chi connectivity index (χ1) is 9.22. The van der Waals surface area contributed by atoms with Crippen molar-refractivity contribution in [1.82, 2.24) is 5.32 Å². The highest BCUT2D eigenvalue weighted by Crippen LogP contribution is 2.25. The number of hydrogen-bond donors (Lipinski definition) is 3. The standard InChI is InChI=1S/C15H22N2O2.ClH/c16-9-13(11-5-2-1-3-6-11)15(19)17-10-12-7-4-8-14(12)18;/h1-3,5-6,12-14,18H,4,7-10,16H2,(H,17,19);1H. The lowest BCUT2D eigenvalue weighted by atomic mass is 9.98. The Balaban J connectivity index is 0.00000200. The molecule has 1 aromatic rings. The average Bonchev–Trinajstić information content (AvgIpc) is 2.84. The molecule has 0 aromatic heterocycles. The zero-order chi connectivity index (χ0) is 13.7. The first-order valence-electron chi connectivity index (χ1n) is 6.93. The molecule has 3 unspecified atom stereocenters. The second-order valence-electron chi connectivity index (χ2n) is 5.20. The third-order valence-electron chi connectivity index (χ3n) is 3.91. The predicted molar refractivity (Wildman–Crippen MR) is 81.8 cm³/mol. The molecule has 112 valence electrons. The van der Waals surface area contributed by atoms with Gasteiger partial charge in [-0.1, -0.05) is 36.8 Å². The Hall–Kier alpha value is -1.10. The summed E-state index contributed by atoms with van der Waals surface area (Å²) >= 11 is 0. The topological polar surface area (TPSA) is 75.4 Å². The predicted octanol–water partition coefficient (Wildman–Crippen LogP) is 1.43. The minimum atomic E-state index is -0.306. The van der Waals surface area contributed by atoms with Gasteiger partial charge in [0.15, 0.2) is 0 Å². The monoisotopic (exact) mass is 298 g/mol. The van der Waals surface area contributed by atoms with Crippen molar-refractivity contribution in [1.29, 1.82) is 0 Å². The van der Waals surface area contributed by atoms with Crippen molar-refractivity contribution in [2.45, 2.75) is 31.3 Å². The van der Waals surface area contributed by atoms with E-state index in [0.717, 1.165) is 24.8 Å². The number of hydrogen-bond acceptors (Lipinski definition) is 3. The van der Waals surface area contributed by atoms with Gasteiger partial charge in [0.1, 0.15) is 0 Å². The van der Waals surface area contributed by atoms with Gasteiger partial charge in [-0.2, -0.15) is 0 Å². The van der Waals surface area contributed by atoms with Crippen LogP contribution >= 0.6 is 12.4 Å². The lowest BCUT2D eigenvalue weighted by Gasteiger charge is -2.19. The number of halogens is 1. The van der Waals surface area contributed by atoms with Crippen LogP contribution < -0.4 is 11.1 Å². The van der Waals surface area contributed by atoms with E-state index < -0.39 is 0 Å². The molecule has 3 atom stereocenters. The maximum Gasteiger partial charge on any atom is 0.228 e. The van der Waals surface area contributed by atoms with Gasteiger partial charge in [0.2, 0.25) is 5.91 Å². The van der Waals surface area contributed by atoms with Gasteiger partial charge in [0.25, 0.3) is 0 Å². The van der Waals surface area contributed by atoms with E-state index in [-0.39, 0.29) is 36.3 Å². The molecule has 0 bridgehead atoms. The Bertz CT molecular complexity index is 414. The molecule has 5 heteroatoms. The Morgan fingerprint density at radius 2 is 2.05 bits per heavy atom. The molecule has 1 amide bonds. The minimum absolute atomic E-state index is 0. The minimum Gasteiger partial charge on any atom is -0.393 e. The van der Waals surface area contributed by atoms with Crippen molar-refractivity contribution in [3.63, 3.8) is 0 Å². The van der Waals surface area contributed by atoms with E-state index in [4.69, 9.17) is 5.73 Å². The van der Waals surface area contributed by atoms with Crippen LogP contribution in [0.2, 0.25) is 0 Å². The van der Waals surface area contributed by atoms with Gasteiger partial charge in [0, 0.05) is 19.0 Å². The normalized spacial score (nSPS) is 22.9. The number of carbonyl (C=O) groups excluding carboxylic acids is 1. The van der Waals surface area contributed by atoms with Crippen molar-refractivity contribution in [2.75, 3.05) is 13.1 Å². The molecule has 4 nitrogen and oxygen atoms in total. The molecule has 2 rings (SSSR count). The first-order valence-corrected chi connectivity index (χ1v) is 6.93. The molecule has 0 aliphatic heterocycles. The van der Waals surface area contributed by atoms with E-state index in [1.54, 1.807) is 0 Å². The zero-order valence-electron chi connectivity index (χ0n) is 11.5. The summed E-state index contributed by atoms with van der Waals surface area (Å²) in [5.41, 5.74) is 6.65. The van der Waals surface area contributed by atoms with Gasteiger partial charge in [0.05, 0.1) is 12.0 Å². The smallest absolute Gasteiger partial charge is 0.228 e. The fourth-order valence-corrected chi connectivity index (χ4v) is 2.69. The third-order valence-corrected chi connectivity index (χ3v) is 3.91. The summed E-state index contributed by atoms with van der Waals surface area (Å²) in [6.07, 6.45) is 2.61. The van der Waals surface area contributed by atoms with Gasteiger partial charge < -0.3 is 16.2 Å². The molecule has 1 aromatic carbocycles. The summed E-state index contributed by atoms with van der Waals surface area (Å²) in [5, 5.41) is 12.7. The zero-order valence-corrected chi connectivity index (χ0v) is 12.3. The van der Waals surface area contributed by atoms with Crippen molar-refractivity contribution in [2.24, 2.45) is 11.7 Å². The molecular formula is C15H23ClN2O2. The summed E-state index contributed by atoms with van der Waals surface area (Å²) < 4.78 is 0. The lowest BCUT2D eigenvalue weighted by molar-refractivity contribution is -0.122. The van der Waals surface area contributed by atoms with Gasteiger partial charge in [-0.15, -0.1) is 12.4 Å². The number of benzene rings is 1. The maximum atomic E-state index is 12.2. The van der Waals surface area contributed by atoms with Gasteiger partial charge >= 0.3 is 0 Å². The number of aliphatic hydroxyl groups excluding tert-OH is 1. The number of carbonyl (C=O) groups is 1. The van der Waals surface area contributed by atoms with Gasteiger partial charge in [-0.05, 0) is 18.4 Å². The van der Waals surface area contributed by atoms with Crippen LogP contribution in [-0.4, -0.2) is 30.2 Å². The summed E-state index contributed by atoms with van der Waals surface area (Å²) in [6, 6.07) is 9.57. The molecule has 1 aliphatic rings. The van der Waals surface area contributed by atoms with Crippen LogP contribution in [-0.2, 0) is 4.79 Å². The molecule has 0 spiro atoms. The molecule has 1 aliphatic carbocycles. The highest BCUT2D eigenvalue weighted by Gasteiger charge is 2.26. The van der Waals surface area contributed by atoms with Gasteiger partial charge in [-0.25, -0.2) is 0 Å². The number of amides is 1. The van der Waals surface area contributed by atoms with E-state index >= 15 is 0 Å². The Morgan fingerprint density at radius 1 is 1.35 bits per heavy atom. The fourth-order valence-electron chi connectivity index (χ4n) is 2.69. The Morgan fingerprint density at radius 3 is 2.60 bits per heavy atom. The van der Waals surface area contributed by atoms with Gasteiger partial charge in [-0.3, -0.25) is 4.79 Å². The van der Waals surface area contributed by atoms with Crippen molar-refractivity contribution in [3.05, 3.63) is 35.9 Å². The quantitative estimate of drug-likeness (QED) is 0.770. The Labute approximate surface area is 126 Å². The van der Waals surface area contributed by atoms with E-state index in [1.807, 2.05) is 30.3 Å². The van der Waals surface area contributed by atoms with Crippen LogP contribution in [0.3, 0.4) is 0 Å². The summed E-state index contributed by atoms with van der Waals surface area (Å²) in [5.74, 6) is -0.161. The van der Waals surface area contributed by atoms with Crippen molar-refractivity contribution in [3.8, 4) is 0 Å². The highest BCUT2D eigenvalue weighted by atomic mass is 35.5. The average molecular weight is 299 g/mol. The molecule has 1 fully saturated rings. The second kappa shape index (κ2) is 8.25. The van der Waals surface area contributed by atoms with E-state index in [2.05, 4.69) is 5.32 Å².